The molecule has 0 saturated carbocycles. The minimum absolute atomic E-state index is 0.000179. The molecule has 0 aliphatic carbocycles. The molecule has 3 rings (SSSR count). The van der Waals surface area contributed by atoms with Crippen LogP contribution in [0.3, 0.4) is 0 Å². The fraction of sp³-hybridized carbons (Fsp3) is 0.250. The molecule has 1 heterocycles. The van der Waals surface area contributed by atoms with Crippen LogP contribution in [0.15, 0.2) is 62.7 Å². The molecule has 1 aromatic heterocycles. The van der Waals surface area contributed by atoms with E-state index in [1.807, 2.05) is 24.3 Å². The molecule has 152 valence electrons. The molecule has 0 saturated heterocycles. The van der Waals surface area contributed by atoms with Crippen molar-refractivity contribution in [3.8, 4) is 11.5 Å². The van der Waals surface area contributed by atoms with E-state index in [1.54, 1.807) is 18.7 Å². The maximum absolute atomic E-state index is 12.4. The van der Waals surface area contributed by atoms with Crippen LogP contribution in [0.4, 0.5) is 6.01 Å². The lowest BCUT2D eigenvalue weighted by molar-refractivity contribution is 0.102. The molecule has 2 aromatic carbocycles. The molecule has 0 unspecified atom stereocenters. The summed E-state index contributed by atoms with van der Waals surface area (Å²) in [6.45, 7) is 5.80. The minimum atomic E-state index is -3.31. The van der Waals surface area contributed by atoms with Gasteiger partial charge in [0, 0.05) is 21.3 Å². The average molecular weight is 432 g/mol. The second kappa shape index (κ2) is 8.79. The Morgan fingerprint density at radius 2 is 1.86 bits per heavy atom. The van der Waals surface area contributed by atoms with E-state index in [9.17, 15) is 13.2 Å². The number of thioether (sulfide) groups is 1. The Kier molecular flexibility index (Phi) is 6.39. The van der Waals surface area contributed by atoms with Crippen molar-refractivity contribution < 1.29 is 17.6 Å². The molecular formula is C20H21N3O4S2. The highest BCUT2D eigenvalue weighted by atomic mass is 32.2. The predicted molar refractivity (Wildman–Crippen MR) is 113 cm³/mol. The van der Waals surface area contributed by atoms with Crippen molar-refractivity contribution in [2.75, 3.05) is 11.1 Å². The third-order valence-corrected chi connectivity index (χ3v) is 6.70. The quantitative estimate of drug-likeness (QED) is 0.557. The Morgan fingerprint density at radius 1 is 1.14 bits per heavy atom. The van der Waals surface area contributed by atoms with Gasteiger partial charge in [-0.1, -0.05) is 31.9 Å². The van der Waals surface area contributed by atoms with Gasteiger partial charge in [-0.05, 0) is 42.5 Å². The largest absolute Gasteiger partial charge is 0.403 e. The zero-order valence-electron chi connectivity index (χ0n) is 16.2. The molecule has 0 bridgehead atoms. The summed E-state index contributed by atoms with van der Waals surface area (Å²) in [5.74, 6) is -0.166. The van der Waals surface area contributed by atoms with Gasteiger partial charge < -0.3 is 4.42 Å². The first-order valence-corrected chi connectivity index (χ1v) is 11.6. The second-order valence-electron chi connectivity index (χ2n) is 6.49. The maximum Gasteiger partial charge on any atom is 0.322 e. The molecule has 7 nitrogen and oxygen atoms in total. The zero-order valence-corrected chi connectivity index (χ0v) is 17.9. The number of hydrogen-bond donors (Lipinski definition) is 1. The van der Waals surface area contributed by atoms with Crippen molar-refractivity contribution in [3.63, 3.8) is 0 Å². The molecule has 1 amide bonds. The molecule has 0 aliphatic rings. The Morgan fingerprint density at radius 3 is 2.52 bits per heavy atom. The fourth-order valence-corrected chi connectivity index (χ4v) is 4.30. The van der Waals surface area contributed by atoms with E-state index in [-0.39, 0.29) is 22.2 Å². The van der Waals surface area contributed by atoms with Crippen LogP contribution >= 0.6 is 11.8 Å². The third kappa shape index (κ3) is 5.24. The van der Waals surface area contributed by atoms with E-state index in [1.165, 1.54) is 24.3 Å². The van der Waals surface area contributed by atoms with Gasteiger partial charge in [0.25, 0.3) is 5.91 Å². The van der Waals surface area contributed by atoms with E-state index in [0.717, 1.165) is 10.5 Å². The van der Waals surface area contributed by atoms with E-state index >= 15 is 0 Å². The summed E-state index contributed by atoms with van der Waals surface area (Å²) in [6, 6.07) is 13.4. The highest BCUT2D eigenvalue weighted by Crippen LogP contribution is 2.28. The van der Waals surface area contributed by atoms with Crippen molar-refractivity contribution in [2.45, 2.75) is 35.8 Å². The molecule has 0 atom stereocenters. The summed E-state index contributed by atoms with van der Waals surface area (Å²) in [5, 5.41) is 10.8. The number of nitrogens with zero attached hydrogens (tertiary/aromatic N) is 2. The number of anilines is 1. The number of nitrogens with one attached hydrogen (secondary N) is 1. The van der Waals surface area contributed by atoms with Gasteiger partial charge in [0.1, 0.15) is 0 Å². The lowest BCUT2D eigenvalue weighted by atomic mass is 10.2. The molecular weight excluding hydrogens is 410 g/mol. The van der Waals surface area contributed by atoms with Crippen LogP contribution in [0.25, 0.3) is 11.5 Å². The zero-order chi connectivity index (χ0) is 21.0. The number of aromatic nitrogens is 2. The number of carbonyl (C=O) groups is 1. The van der Waals surface area contributed by atoms with E-state index in [0.29, 0.717) is 11.1 Å². The number of amides is 1. The van der Waals surface area contributed by atoms with Gasteiger partial charge in [0.2, 0.25) is 5.89 Å². The summed E-state index contributed by atoms with van der Waals surface area (Å²) >= 11 is 1.72. The van der Waals surface area contributed by atoms with E-state index in [2.05, 4.69) is 29.4 Å². The first-order chi connectivity index (χ1) is 13.8. The molecule has 3 aromatic rings. The summed E-state index contributed by atoms with van der Waals surface area (Å²) in [6.07, 6.45) is 0. The van der Waals surface area contributed by atoms with Crippen LogP contribution in [0, 0.1) is 0 Å². The third-order valence-electron chi connectivity index (χ3n) is 3.95. The molecule has 29 heavy (non-hydrogen) atoms. The van der Waals surface area contributed by atoms with Gasteiger partial charge in [-0.3, -0.25) is 10.1 Å². The minimum Gasteiger partial charge on any atom is -0.403 e. The number of benzene rings is 2. The molecule has 0 aliphatic heterocycles. The Hall–Kier alpha value is -2.65. The van der Waals surface area contributed by atoms with Gasteiger partial charge in [-0.15, -0.1) is 16.9 Å². The Labute approximate surface area is 173 Å². The van der Waals surface area contributed by atoms with Crippen LogP contribution in [-0.2, 0) is 9.84 Å². The Bertz CT molecular complexity index is 1110. The summed E-state index contributed by atoms with van der Waals surface area (Å²) in [7, 11) is -3.31. The highest BCUT2D eigenvalue weighted by Gasteiger charge is 2.15. The van der Waals surface area contributed by atoms with Gasteiger partial charge in [0.15, 0.2) is 9.84 Å². The predicted octanol–water partition coefficient (Wildman–Crippen LogP) is 4.28. The molecule has 1 N–H and O–H groups in total. The van der Waals surface area contributed by atoms with Gasteiger partial charge >= 0.3 is 6.01 Å². The van der Waals surface area contributed by atoms with Gasteiger partial charge in [0.05, 0.1) is 10.6 Å². The van der Waals surface area contributed by atoms with Crippen LogP contribution in [0.2, 0.25) is 0 Å². The fourth-order valence-electron chi connectivity index (χ4n) is 2.51. The second-order valence-corrected chi connectivity index (χ2v) is 10.4. The molecule has 0 radical (unpaired) electrons. The molecule has 0 fully saturated rings. The lowest BCUT2D eigenvalue weighted by Gasteiger charge is -2.05. The van der Waals surface area contributed by atoms with Gasteiger partial charge in [-0.25, -0.2) is 8.42 Å². The number of sulfone groups is 1. The average Bonchev–Trinajstić information content (AvgIpc) is 3.16. The number of carbonyl (C=O) groups excluding carboxylic acids is 1. The van der Waals surface area contributed by atoms with Crippen LogP contribution in [0.5, 0.6) is 0 Å². The van der Waals surface area contributed by atoms with Crippen molar-refractivity contribution >= 4 is 33.5 Å². The molecule has 9 heteroatoms. The van der Waals surface area contributed by atoms with Crippen molar-refractivity contribution in [1.82, 2.24) is 10.2 Å². The van der Waals surface area contributed by atoms with Crippen LogP contribution < -0.4 is 5.32 Å². The van der Waals surface area contributed by atoms with Crippen LogP contribution in [0.1, 0.15) is 31.1 Å². The maximum atomic E-state index is 12.4. The van der Waals surface area contributed by atoms with Gasteiger partial charge in [-0.2, -0.15) is 0 Å². The van der Waals surface area contributed by atoms with E-state index in [4.69, 9.17) is 4.42 Å². The van der Waals surface area contributed by atoms with Crippen molar-refractivity contribution in [1.29, 1.82) is 0 Å². The summed E-state index contributed by atoms with van der Waals surface area (Å²) in [5.41, 5.74) is 1.05. The summed E-state index contributed by atoms with van der Waals surface area (Å²) < 4.78 is 29.3. The number of rotatable bonds is 7. The monoisotopic (exact) mass is 431 g/mol. The standard InChI is InChI=1S/C20H21N3O4S2/c1-4-29(25,26)17-10-8-14(9-11-17)18(24)21-20-23-22-19(27-20)15-6-5-7-16(12-15)28-13(2)3/h5-13H,4H2,1-3H3,(H,21,23,24). The highest BCUT2D eigenvalue weighted by molar-refractivity contribution is 7.99. The number of hydrogen-bond acceptors (Lipinski definition) is 7. The molecule has 0 spiro atoms. The van der Waals surface area contributed by atoms with Crippen molar-refractivity contribution in [3.05, 3.63) is 54.1 Å². The van der Waals surface area contributed by atoms with Crippen molar-refractivity contribution in [2.24, 2.45) is 0 Å². The first kappa shape index (κ1) is 21.1. The topological polar surface area (TPSA) is 102 Å². The SMILES string of the molecule is CCS(=O)(=O)c1ccc(C(=O)Nc2nnc(-c3cccc(SC(C)C)c3)o2)cc1. The Balaban J connectivity index is 1.72. The van der Waals surface area contributed by atoms with Crippen LogP contribution in [-0.4, -0.2) is 35.5 Å². The first-order valence-electron chi connectivity index (χ1n) is 9.03. The summed E-state index contributed by atoms with van der Waals surface area (Å²) in [4.78, 5) is 13.6. The normalized spacial score (nSPS) is 11.6. The van der Waals surface area contributed by atoms with E-state index < -0.39 is 15.7 Å². The lowest BCUT2D eigenvalue weighted by Crippen LogP contribution is -2.12. The smallest absolute Gasteiger partial charge is 0.322 e.